The fourth-order valence-electron chi connectivity index (χ4n) is 1.29. The van der Waals surface area contributed by atoms with Crippen molar-refractivity contribution in [3.05, 3.63) is 35.7 Å². The first kappa shape index (κ1) is 10.1. The number of fused-ring (bicyclic) bond motifs is 1. The number of hydrogen-bond donors (Lipinski definition) is 0. The Kier molecular flexibility index (Phi) is 3.13. The van der Waals surface area contributed by atoms with E-state index < -0.39 is 0 Å². The Balaban J connectivity index is 2.69. The first-order valence-electron chi connectivity index (χ1n) is 4.21. The summed E-state index contributed by atoms with van der Waals surface area (Å²) in [5, 5.41) is 1.48. The lowest BCUT2D eigenvalue weighted by molar-refractivity contribution is 1.08. The van der Waals surface area contributed by atoms with E-state index in [0.29, 0.717) is 0 Å². The molecule has 0 atom stereocenters. The molecule has 0 amide bonds. The molecule has 1 aromatic carbocycles. The zero-order valence-electron chi connectivity index (χ0n) is 7.37. The van der Waals surface area contributed by atoms with Crippen LogP contribution in [-0.2, 0) is 10.7 Å². The van der Waals surface area contributed by atoms with Crippen LogP contribution in [0.4, 0.5) is 0 Å². The van der Waals surface area contributed by atoms with Crippen molar-refractivity contribution >= 4 is 42.9 Å². The Hall–Kier alpha value is -0.480. The molecular weight excluding hydrogens is 308 g/mol. The van der Waals surface area contributed by atoms with Crippen LogP contribution in [0.3, 0.4) is 0 Å². The van der Waals surface area contributed by atoms with E-state index >= 15 is 0 Å². The smallest absolute Gasteiger partial charge is 0.0890 e. The van der Waals surface area contributed by atoms with Crippen molar-refractivity contribution < 1.29 is 0 Å². The van der Waals surface area contributed by atoms with Crippen molar-refractivity contribution in [2.24, 2.45) is 0 Å². The van der Waals surface area contributed by atoms with Gasteiger partial charge in [-0.1, -0.05) is 44.0 Å². The molecule has 2 aromatic rings. The minimum atomic E-state index is 0.742. The maximum Gasteiger partial charge on any atom is 0.0890 e. The number of para-hydroxylation sites is 2. The van der Waals surface area contributed by atoms with Crippen molar-refractivity contribution in [3.63, 3.8) is 0 Å². The van der Waals surface area contributed by atoms with Gasteiger partial charge in [0.1, 0.15) is 0 Å². The molecule has 0 saturated heterocycles. The minimum Gasteiger partial charge on any atom is -0.248 e. The third kappa shape index (κ3) is 1.81. The molecule has 0 spiro atoms. The van der Waals surface area contributed by atoms with Gasteiger partial charge < -0.3 is 0 Å². The quantitative estimate of drug-likeness (QED) is 0.794. The molecule has 0 N–H and O–H groups in total. The number of halogens is 2. The molecule has 14 heavy (non-hydrogen) atoms. The van der Waals surface area contributed by atoms with Crippen LogP contribution in [0.2, 0.25) is 0 Å². The highest BCUT2D eigenvalue weighted by Crippen LogP contribution is 2.16. The molecular formula is C10H8Br2N2. The van der Waals surface area contributed by atoms with E-state index in [1.807, 2.05) is 24.3 Å². The van der Waals surface area contributed by atoms with Crippen LogP contribution in [-0.4, -0.2) is 9.97 Å². The second-order valence-corrected chi connectivity index (χ2v) is 3.99. The Morgan fingerprint density at radius 2 is 1.29 bits per heavy atom. The van der Waals surface area contributed by atoms with Gasteiger partial charge in [0.15, 0.2) is 0 Å². The van der Waals surface area contributed by atoms with Gasteiger partial charge in [-0.05, 0) is 12.1 Å². The molecule has 2 rings (SSSR count). The largest absolute Gasteiger partial charge is 0.248 e. The Morgan fingerprint density at radius 3 is 1.64 bits per heavy atom. The number of rotatable bonds is 2. The average molecular weight is 316 g/mol. The summed E-state index contributed by atoms with van der Waals surface area (Å²) >= 11 is 6.82. The number of nitrogens with zero attached hydrogens (tertiary/aromatic N) is 2. The molecule has 1 aromatic heterocycles. The van der Waals surface area contributed by atoms with Gasteiger partial charge in [0.25, 0.3) is 0 Å². The highest BCUT2D eigenvalue weighted by atomic mass is 79.9. The zero-order valence-corrected chi connectivity index (χ0v) is 10.5. The summed E-state index contributed by atoms with van der Waals surface area (Å²) in [6, 6.07) is 7.91. The summed E-state index contributed by atoms with van der Waals surface area (Å²) in [5.74, 6) is 0. The van der Waals surface area contributed by atoms with Crippen molar-refractivity contribution in [1.29, 1.82) is 0 Å². The van der Waals surface area contributed by atoms with Gasteiger partial charge in [0, 0.05) is 10.7 Å². The van der Waals surface area contributed by atoms with Gasteiger partial charge in [-0.15, -0.1) is 0 Å². The normalized spacial score (nSPS) is 10.7. The van der Waals surface area contributed by atoms with Crippen molar-refractivity contribution in [2.45, 2.75) is 10.7 Å². The lowest BCUT2D eigenvalue weighted by Crippen LogP contribution is -1.97. The molecule has 0 radical (unpaired) electrons. The molecule has 72 valence electrons. The minimum absolute atomic E-state index is 0.742. The van der Waals surface area contributed by atoms with Gasteiger partial charge >= 0.3 is 0 Å². The molecule has 0 aliphatic carbocycles. The van der Waals surface area contributed by atoms with Gasteiger partial charge in [-0.2, -0.15) is 0 Å². The van der Waals surface area contributed by atoms with E-state index in [1.54, 1.807) is 0 Å². The predicted octanol–water partition coefficient (Wildman–Crippen LogP) is 3.42. The van der Waals surface area contributed by atoms with Gasteiger partial charge in [0.05, 0.1) is 22.4 Å². The fraction of sp³-hybridized carbons (Fsp3) is 0.200. The van der Waals surface area contributed by atoms with Crippen LogP contribution in [0, 0.1) is 0 Å². The maximum atomic E-state index is 4.53. The van der Waals surface area contributed by atoms with E-state index in [0.717, 1.165) is 33.1 Å². The molecule has 0 aliphatic rings. The highest BCUT2D eigenvalue weighted by Gasteiger charge is 2.05. The maximum absolute atomic E-state index is 4.53. The SMILES string of the molecule is BrCc1nc2ccccc2nc1CBr. The number of benzene rings is 1. The Morgan fingerprint density at radius 1 is 0.857 bits per heavy atom. The Labute approximate surface area is 99.0 Å². The monoisotopic (exact) mass is 314 g/mol. The molecule has 0 bridgehead atoms. The first-order chi connectivity index (χ1) is 6.85. The number of alkyl halides is 2. The first-order valence-corrected chi connectivity index (χ1v) is 6.46. The van der Waals surface area contributed by atoms with E-state index in [1.165, 1.54) is 0 Å². The predicted molar refractivity (Wildman–Crippen MR) is 64.8 cm³/mol. The highest BCUT2D eigenvalue weighted by molar-refractivity contribution is 9.09. The van der Waals surface area contributed by atoms with Crippen LogP contribution < -0.4 is 0 Å². The lowest BCUT2D eigenvalue weighted by Gasteiger charge is -2.04. The molecule has 0 saturated carbocycles. The summed E-state index contributed by atoms with van der Waals surface area (Å²) in [5.41, 5.74) is 3.90. The third-order valence-corrected chi connectivity index (χ3v) is 3.04. The molecule has 0 fully saturated rings. The van der Waals surface area contributed by atoms with Gasteiger partial charge in [-0.3, -0.25) is 0 Å². The standard InChI is InChI=1S/C10H8Br2N2/c11-5-9-10(6-12)14-8-4-2-1-3-7(8)13-9/h1-4H,5-6H2. The molecule has 0 unspecified atom stereocenters. The van der Waals surface area contributed by atoms with Crippen LogP contribution in [0.15, 0.2) is 24.3 Å². The second kappa shape index (κ2) is 4.36. The van der Waals surface area contributed by atoms with E-state index in [2.05, 4.69) is 41.8 Å². The molecule has 2 nitrogen and oxygen atoms in total. The summed E-state index contributed by atoms with van der Waals surface area (Å²) in [6.07, 6.45) is 0. The number of aromatic nitrogens is 2. The van der Waals surface area contributed by atoms with Crippen LogP contribution in [0.1, 0.15) is 11.4 Å². The van der Waals surface area contributed by atoms with Crippen LogP contribution in [0.5, 0.6) is 0 Å². The summed E-state index contributed by atoms with van der Waals surface area (Å²) in [4.78, 5) is 9.05. The van der Waals surface area contributed by atoms with Crippen molar-refractivity contribution in [3.8, 4) is 0 Å². The van der Waals surface area contributed by atoms with Crippen LogP contribution in [0.25, 0.3) is 11.0 Å². The van der Waals surface area contributed by atoms with Gasteiger partial charge in [0.2, 0.25) is 0 Å². The fourth-order valence-corrected chi connectivity index (χ4v) is 2.19. The molecule has 0 aliphatic heterocycles. The second-order valence-electron chi connectivity index (χ2n) is 2.87. The third-order valence-electron chi connectivity index (χ3n) is 1.98. The van der Waals surface area contributed by atoms with Crippen molar-refractivity contribution in [1.82, 2.24) is 9.97 Å². The van der Waals surface area contributed by atoms with E-state index in [4.69, 9.17) is 0 Å². The van der Waals surface area contributed by atoms with Gasteiger partial charge in [-0.25, -0.2) is 9.97 Å². The van der Waals surface area contributed by atoms with Crippen molar-refractivity contribution in [2.75, 3.05) is 0 Å². The molecule has 4 heteroatoms. The molecule has 1 heterocycles. The Bertz CT molecular complexity index is 414. The topological polar surface area (TPSA) is 25.8 Å². The van der Waals surface area contributed by atoms with E-state index in [-0.39, 0.29) is 0 Å². The lowest BCUT2D eigenvalue weighted by atomic mass is 10.2. The summed E-state index contributed by atoms with van der Waals surface area (Å²) < 4.78 is 0. The summed E-state index contributed by atoms with van der Waals surface area (Å²) in [6.45, 7) is 0. The summed E-state index contributed by atoms with van der Waals surface area (Å²) in [7, 11) is 0. The van der Waals surface area contributed by atoms with E-state index in [9.17, 15) is 0 Å². The zero-order chi connectivity index (χ0) is 9.97. The number of hydrogen-bond acceptors (Lipinski definition) is 2. The average Bonchev–Trinajstić information content (AvgIpc) is 2.27. The van der Waals surface area contributed by atoms with Crippen LogP contribution >= 0.6 is 31.9 Å².